The molecule has 2 aromatic carbocycles. The van der Waals surface area contributed by atoms with E-state index in [0.717, 1.165) is 6.54 Å². The fourth-order valence-electron chi connectivity index (χ4n) is 2.25. The minimum atomic E-state index is 0.299. The fourth-order valence-corrected chi connectivity index (χ4v) is 3.21. The van der Waals surface area contributed by atoms with Gasteiger partial charge in [-0.1, -0.05) is 50.6 Å². The van der Waals surface area contributed by atoms with Gasteiger partial charge < -0.3 is 5.73 Å². The predicted octanol–water partition coefficient (Wildman–Crippen LogP) is 5.09. The van der Waals surface area contributed by atoms with E-state index >= 15 is 0 Å². The quantitative estimate of drug-likeness (QED) is 0.567. The van der Waals surface area contributed by atoms with Crippen LogP contribution in [-0.2, 0) is 0 Å². The molecule has 0 aliphatic rings. The summed E-state index contributed by atoms with van der Waals surface area (Å²) in [6.45, 7) is 5.29. The van der Waals surface area contributed by atoms with Crippen LogP contribution in [0.25, 0.3) is 10.8 Å². The second-order valence-electron chi connectivity index (χ2n) is 6.18. The van der Waals surface area contributed by atoms with Gasteiger partial charge in [-0.05, 0) is 53.5 Å². The maximum atomic E-state index is 5.76. The molecule has 2 heteroatoms. The smallest absolute Gasteiger partial charge is 0.00783 e. The molecule has 0 atom stereocenters. The number of unbranched alkanes of at least 4 members (excludes halogenated alkanes) is 1. The first kappa shape index (κ1) is 15.4. The lowest BCUT2D eigenvalue weighted by Crippen LogP contribution is -2.23. The number of benzene rings is 2. The van der Waals surface area contributed by atoms with Crippen LogP contribution in [0, 0.1) is 5.41 Å². The summed E-state index contributed by atoms with van der Waals surface area (Å²) < 4.78 is 0. The van der Waals surface area contributed by atoms with Crippen molar-refractivity contribution in [2.24, 2.45) is 11.1 Å². The van der Waals surface area contributed by atoms with Crippen molar-refractivity contribution in [1.82, 2.24) is 0 Å². The average Bonchev–Trinajstić information content (AvgIpc) is 2.46. The van der Waals surface area contributed by atoms with Crippen LogP contribution in [-0.4, -0.2) is 12.3 Å². The van der Waals surface area contributed by atoms with Crippen molar-refractivity contribution in [1.29, 1.82) is 0 Å². The average molecular weight is 287 g/mol. The molecule has 2 N–H and O–H groups in total. The van der Waals surface area contributed by atoms with E-state index in [-0.39, 0.29) is 0 Å². The molecule has 0 aromatic heterocycles. The topological polar surface area (TPSA) is 26.0 Å². The lowest BCUT2D eigenvalue weighted by Gasteiger charge is -2.21. The van der Waals surface area contributed by atoms with Crippen LogP contribution in [0.5, 0.6) is 0 Å². The van der Waals surface area contributed by atoms with Crippen LogP contribution in [0.1, 0.15) is 33.1 Å². The Bertz CT molecular complexity index is 548. The molecule has 0 saturated heterocycles. The highest BCUT2D eigenvalue weighted by Gasteiger charge is 2.14. The first-order valence-electron chi connectivity index (χ1n) is 7.42. The molecule has 0 unspecified atom stereocenters. The SMILES string of the molecule is CC(C)(CN)CCCCSc1ccc2ccccc2c1. The molecule has 2 aromatic rings. The van der Waals surface area contributed by atoms with Crippen molar-refractivity contribution < 1.29 is 0 Å². The number of thioether (sulfide) groups is 1. The highest BCUT2D eigenvalue weighted by atomic mass is 32.2. The Morgan fingerprint density at radius 2 is 1.75 bits per heavy atom. The van der Waals surface area contributed by atoms with E-state index in [1.165, 1.54) is 40.7 Å². The molecule has 108 valence electrons. The summed E-state index contributed by atoms with van der Waals surface area (Å²) >= 11 is 1.96. The van der Waals surface area contributed by atoms with Crippen LogP contribution >= 0.6 is 11.8 Å². The summed E-state index contributed by atoms with van der Waals surface area (Å²) in [5, 5.41) is 2.66. The third kappa shape index (κ3) is 4.53. The van der Waals surface area contributed by atoms with Crippen molar-refractivity contribution in [3.8, 4) is 0 Å². The van der Waals surface area contributed by atoms with Crippen molar-refractivity contribution in [3.05, 3.63) is 42.5 Å². The minimum Gasteiger partial charge on any atom is -0.330 e. The highest BCUT2D eigenvalue weighted by Crippen LogP contribution is 2.26. The van der Waals surface area contributed by atoms with Gasteiger partial charge in [0.1, 0.15) is 0 Å². The van der Waals surface area contributed by atoms with Gasteiger partial charge in [-0.3, -0.25) is 0 Å². The van der Waals surface area contributed by atoms with Crippen molar-refractivity contribution in [2.75, 3.05) is 12.3 Å². The standard InChI is InChI=1S/C18H25NS/c1-18(2,14-19)11-5-6-12-20-17-10-9-15-7-3-4-8-16(15)13-17/h3-4,7-10,13H,5-6,11-12,14,19H2,1-2H3. The first-order valence-corrected chi connectivity index (χ1v) is 8.41. The zero-order chi connectivity index (χ0) is 14.4. The van der Waals surface area contributed by atoms with Crippen molar-refractivity contribution in [2.45, 2.75) is 38.0 Å². The zero-order valence-electron chi connectivity index (χ0n) is 12.6. The van der Waals surface area contributed by atoms with Crippen LogP contribution in [0.3, 0.4) is 0 Å². The Kier molecular flexibility index (Phi) is 5.50. The molecule has 0 aliphatic carbocycles. The van der Waals surface area contributed by atoms with Gasteiger partial charge in [-0.15, -0.1) is 11.8 Å². The minimum absolute atomic E-state index is 0.299. The van der Waals surface area contributed by atoms with Gasteiger partial charge in [0.25, 0.3) is 0 Å². The predicted molar refractivity (Wildman–Crippen MR) is 91.4 cm³/mol. The molecular formula is C18H25NS. The molecule has 0 spiro atoms. The Hall–Kier alpha value is -0.990. The summed E-state index contributed by atoms with van der Waals surface area (Å²) in [6.07, 6.45) is 3.76. The normalized spacial score (nSPS) is 11.9. The number of rotatable bonds is 7. The lowest BCUT2D eigenvalue weighted by molar-refractivity contribution is 0.336. The molecule has 0 bridgehead atoms. The Morgan fingerprint density at radius 1 is 1.00 bits per heavy atom. The molecule has 2 rings (SSSR count). The van der Waals surface area contributed by atoms with E-state index in [0.29, 0.717) is 5.41 Å². The summed E-state index contributed by atoms with van der Waals surface area (Å²) in [6, 6.07) is 15.3. The molecule has 20 heavy (non-hydrogen) atoms. The maximum absolute atomic E-state index is 5.76. The highest BCUT2D eigenvalue weighted by molar-refractivity contribution is 7.99. The van der Waals surface area contributed by atoms with E-state index in [2.05, 4.69) is 56.3 Å². The Balaban J connectivity index is 1.78. The Labute approximate surface area is 126 Å². The van der Waals surface area contributed by atoms with Gasteiger partial charge in [0.15, 0.2) is 0 Å². The monoisotopic (exact) mass is 287 g/mol. The third-order valence-electron chi connectivity index (χ3n) is 3.79. The van der Waals surface area contributed by atoms with E-state index < -0.39 is 0 Å². The summed E-state index contributed by atoms with van der Waals surface area (Å²) in [5.41, 5.74) is 6.06. The number of hydrogen-bond acceptors (Lipinski definition) is 2. The zero-order valence-corrected chi connectivity index (χ0v) is 13.4. The molecule has 0 aliphatic heterocycles. The van der Waals surface area contributed by atoms with Crippen molar-refractivity contribution >= 4 is 22.5 Å². The first-order chi connectivity index (χ1) is 9.61. The summed E-state index contributed by atoms with van der Waals surface area (Å²) in [5.74, 6) is 1.19. The number of nitrogens with two attached hydrogens (primary N) is 1. The van der Waals surface area contributed by atoms with Crippen LogP contribution in [0.4, 0.5) is 0 Å². The molecule has 0 fully saturated rings. The van der Waals surface area contributed by atoms with Crippen LogP contribution in [0.15, 0.2) is 47.4 Å². The molecule has 0 radical (unpaired) electrons. The van der Waals surface area contributed by atoms with E-state index in [9.17, 15) is 0 Å². The maximum Gasteiger partial charge on any atom is 0.00783 e. The lowest BCUT2D eigenvalue weighted by atomic mass is 9.88. The van der Waals surface area contributed by atoms with Gasteiger partial charge >= 0.3 is 0 Å². The van der Waals surface area contributed by atoms with Crippen molar-refractivity contribution in [3.63, 3.8) is 0 Å². The third-order valence-corrected chi connectivity index (χ3v) is 4.87. The number of fused-ring (bicyclic) bond motifs is 1. The van der Waals surface area contributed by atoms with Gasteiger partial charge in [-0.25, -0.2) is 0 Å². The molecule has 1 nitrogen and oxygen atoms in total. The van der Waals surface area contributed by atoms with Crippen LogP contribution < -0.4 is 5.73 Å². The fraction of sp³-hybridized carbons (Fsp3) is 0.444. The van der Waals surface area contributed by atoms with E-state index in [4.69, 9.17) is 5.73 Å². The second kappa shape index (κ2) is 7.14. The summed E-state index contributed by atoms with van der Waals surface area (Å²) in [4.78, 5) is 1.38. The van der Waals surface area contributed by atoms with E-state index in [1.807, 2.05) is 11.8 Å². The Morgan fingerprint density at radius 3 is 2.50 bits per heavy atom. The van der Waals surface area contributed by atoms with E-state index in [1.54, 1.807) is 0 Å². The molecule has 0 saturated carbocycles. The number of hydrogen-bond donors (Lipinski definition) is 1. The molecule has 0 amide bonds. The largest absolute Gasteiger partial charge is 0.330 e. The molecular weight excluding hydrogens is 262 g/mol. The van der Waals surface area contributed by atoms with Gasteiger partial charge in [0.05, 0.1) is 0 Å². The second-order valence-corrected chi connectivity index (χ2v) is 7.35. The van der Waals surface area contributed by atoms with Gasteiger partial charge in [-0.2, -0.15) is 0 Å². The van der Waals surface area contributed by atoms with Gasteiger partial charge in [0.2, 0.25) is 0 Å². The summed E-state index contributed by atoms with van der Waals surface area (Å²) in [7, 11) is 0. The molecule has 0 heterocycles. The van der Waals surface area contributed by atoms with Crippen LogP contribution in [0.2, 0.25) is 0 Å². The van der Waals surface area contributed by atoms with Gasteiger partial charge in [0, 0.05) is 4.90 Å².